The molecule has 26 heavy (non-hydrogen) atoms. The number of carbonyl (C=O) groups excluding carboxylic acids is 2. The van der Waals surface area contributed by atoms with Gasteiger partial charge >= 0.3 is 0 Å². The molecule has 0 spiro atoms. The second-order valence-electron chi connectivity index (χ2n) is 5.60. The van der Waals surface area contributed by atoms with Crippen LogP contribution in [0.25, 0.3) is 0 Å². The smallest absolute Gasteiger partial charge is 0.272 e. The topological polar surface area (TPSA) is 107 Å². The molecule has 0 saturated heterocycles. The molecule has 0 aliphatic carbocycles. The minimum absolute atomic E-state index is 0.0318. The largest absolute Gasteiger partial charge is 0.467 e. The number of anilines is 1. The van der Waals surface area contributed by atoms with Crippen molar-refractivity contribution < 1.29 is 14.0 Å². The summed E-state index contributed by atoms with van der Waals surface area (Å²) in [5, 5.41) is 14.0. The molecule has 3 aromatic rings. The van der Waals surface area contributed by atoms with E-state index in [1.807, 2.05) is 0 Å². The minimum atomic E-state index is -0.380. The highest BCUT2D eigenvalue weighted by Gasteiger charge is 2.19. The second kappa shape index (κ2) is 7.44. The van der Waals surface area contributed by atoms with Crippen molar-refractivity contribution in [2.75, 3.05) is 5.32 Å². The third-order valence-corrected chi connectivity index (χ3v) is 3.99. The number of nitrogens with one attached hydrogen (secondary N) is 2. The molecule has 0 atom stereocenters. The van der Waals surface area contributed by atoms with Gasteiger partial charge in [0.15, 0.2) is 0 Å². The molecule has 0 unspecified atom stereocenters. The van der Waals surface area contributed by atoms with Gasteiger partial charge in [-0.15, -0.1) is 0 Å². The molecule has 0 fully saturated rings. The SMILES string of the molecule is Cc1nn(CC(=O)Nc2cnn(C)c2C(=O)NCc2ccco2)cc1Cl. The quantitative estimate of drug-likeness (QED) is 0.681. The molecule has 0 aromatic carbocycles. The van der Waals surface area contributed by atoms with E-state index in [-0.39, 0.29) is 30.6 Å². The summed E-state index contributed by atoms with van der Waals surface area (Å²) in [6, 6.07) is 3.49. The number of halogens is 1. The van der Waals surface area contributed by atoms with Crippen LogP contribution in [0.1, 0.15) is 21.9 Å². The molecular formula is C16H17ClN6O3. The van der Waals surface area contributed by atoms with Crippen LogP contribution in [0.5, 0.6) is 0 Å². The van der Waals surface area contributed by atoms with Gasteiger partial charge in [-0.2, -0.15) is 10.2 Å². The normalized spacial score (nSPS) is 10.7. The van der Waals surface area contributed by atoms with E-state index in [1.54, 1.807) is 32.3 Å². The Kier molecular flexibility index (Phi) is 5.08. The Balaban J connectivity index is 1.66. The average molecular weight is 377 g/mol. The first-order chi connectivity index (χ1) is 12.4. The number of aromatic nitrogens is 4. The number of hydrogen-bond donors (Lipinski definition) is 2. The van der Waals surface area contributed by atoms with Crippen molar-refractivity contribution in [2.45, 2.75) is 20.0 Å². The number of nitrogens with zero attached hydrogens (tertiary/aromatic N) is 4. The molecule has 136 valence electrons. The highest BCUT2D eigenvalue weighted by molar-refractivity contribution is 6.31. The Hall–Kier alpha value is -3.07. The van der Waals surface area contributed by atoms with E-state index < -0.39 is 0 Å². The molecule has 0 aliphatic heterocycles. The van der Waals surface area contributed by atoms with Gasteiger partial charge in [-0.05, 0) is 19.1 Å². The molecule has 3 heterocycles. The molecule has 0 bridgehead atoms. The lowest BCUT2D eigenvalue weighted by molar-refractivity contribution is -0.116. The lowest BCUT2D eigenvalue weighted by atomic mass is 10.3. The second-order valence-corrected chi connectivity index (χ2v) is 6.01. The van der Waals surface area contributed by atoms with E-state index in [0.717, 1.165) is 0 Å². The van der Waals surface area contributed by atoms with E-state index in [1.165, 1.54) is 21.8 Å². The summed E-state index contributed by atoms with van der Waals surface area (Å²) in [4.78, 5) is 24.7. The lowest BCUT2D eigenvalue weighted by Gasteiger charge is -2.08. The number of amides is 2. The van der Waals surface area contributed by atoms with Crippen LogP contribution < -0.4 is 10.6 Å². The zero-order valence-electron chi connectivity index (χ0n) is 14.2. The highest BCUT2D eigenvalue weighted by Crippen LogP contribution is 2.15. The van der Waals surface area contributed by atoms with E-state index in [2.05, 4.69) is 20.8 Å². The summed E-state index contributed by atoms with van der Waals surface area (Å²) in [6.07, 6.45) is 4.51. The Morgan fingerprint density at radius 2 is 2.19 bits per heavy atom. The maximum Gasteiger partial charge on any atom is 0.272 e. The highest BCUT2D eigenvalue weighted by atomic mass is 35.5. The zero-order chi connectivity index (χ0) is 18.7. The van der Waals surface area contributed by atoms with E-state index in [4.69, 9.17) is 16.0 Å². The molecule has 10 heteroatoms. The minimum Gasteiger partial charge on any atom is -0.467 e. The fraction of sp³-hybridized carbons (Fsp3) is 0.250. The maximum absolute atomic E-state index is 12.4. The van der Waals surface area contributed by atoms with Gasteiger partial charge in [0.1, 0.15) is 18.0 Å². The summed E-state index contributed by atoms with van der Waals surface area (Å²) in [5.74, 6) is -0.107. The van der Waals surface area contributed by atoms with E-state index in [9.17, 15) is 9.59 Å². The van der Waals surface area contributed by atoms with Gasteiger partial charge in [-0.1, -0.05) is 11.6 Å². The van der Waals surface area contributed by atoms with Gasteiger partial charge < -0.3 is 15.1 Å². The average Bonchev–Trinajstić information content (AvgIpc) is 3.28. The van der Waals surface area contributed by atoms with Gasteiger partial charge in [0.2, 0.25) is 5.91 Å². The summed E-state index contributed by atoms with van der Waals surface area (Å²) < 4.78 is 8.00. The number of aryl methyl sites for hydroxylation is 2. The molecule has 2 N–H and O–H groups in total. The molecule has 0 radical (unpaired) electrons. The molecule has 3 aromatic heterocycles. The molecular weight excluding hydrogens is 360 g/mol. The van der Waals surface area contributed by atoms with Gasteiger partial charge in [-0.25, -0.2) is 0 Å². The van der Waals surface area contributed by atoms with Crippen LogP contribution in [0.2, 0.25) is 5.02 Å². The van der Waals surface area contributed by atoms with Crippen LogP contribution >= 0.6 is 11.6 Å². The Morgan fingerprint density at radius 3 is 2.85 bits per heavy atom. The van der Waals surface area contributed by atoms with Gasteiger partial charge in [0.05, 0.1) is 35.4 Å². The monoisotopic (exact) mass is 376 g/mol. The molecule has 9 nitrogen and oxygen atoms in total. The van der Waals surface area contributed by atoms with Crippen LogP contribution in [-0.2, 0) is 24.9 Å². The standard InChI is InChI=1S/C16H17ClN6O3/c1-10-12(17)8-23(21-10)9-14(24)20-13-7-19-22(2)15(13)16(25)18-6-11-4-3-5-26-11/h3-5,7-8H,6,9H2,1-2H3,(H,18,25)(H,20,24). The third-order valence-electron chi connectivity index (χ3n) is 3.62. The van der Waals surface area contributed by atoms with Crippen molar-refractivity contribution in [1.29, 1.82) is 0 Å². The first kappa shape index (κ1) is 17.7. The van der Waals surface area contributed by atoms with Gasteiger partial charge in [-0.3, -0.25) is 19.0 Å². The fourth-order valence-electron chi connectivity index (χ4n) is 2.37. The van der Waals surface area contributed by atoms with Crippen LogP contribution in [0, 0.1) is 6.92 Å². The first-order valence-electron chi connectivity index (χ1n) is 7.76. The molecule has 0 aliphatic rings. The maximum atomic E-state index is 12.4. The number of rotatable bonds is 6. The van der Waals surface area contributed by atoms with Gasteiger partial charge in [0.25, 0.3) is 5.91 Å². The Morgan fingerprint density at radius 1 is 1.38 bits per heavy atom. The fourth-order valence-corrected chi connectivity index (χ4v) is 2.52. The number of carbonyl (C=O) groups is 2. The summed E-state index contributed by atoms with van der Waals surface area (Å²) in [6.45, 7) is 1.95. The van der Waals surface area contributed by atoms with Crippen molar-refractivity contribution in [2.24, 2.45) is 7.05 Å². The first-order valence-corrected chi connectivity index (χ1v) is 8.14. The Labute approximate surface area is 153 Å². The predicted octanol–water partition coefficient (Wildman–Crippen LogP) is 1.74. The molecule has 2 amide bonds. The van der Waals surface area contributed by atoms with Crippen molar-refractivity contribution in [3.05, 3.63) is 53.0 Å². The predicted molar refractivity (Wildman–Crippen MR) is 93.7 cm³/mol. The number of hydrogen-bond acceptors (Lipinski definition) is 5. The van der Waals surface area contributed by atoms with Crippen LogP contribution in [0.4, 0.5) is 5.69 Å². The summed E-state index contributed by atoms with van der Waals surface area (Å²) >= 11 is 5.93. The molecule has 0 saturated carbocycles. The van der Waals surface area contributed by atoms with Crippen molar-refractivity contribution in [3.8, 4) is 0 Å². The zero-order valence-corrected chi connectivity index (χ0v) is 14.9. The Bertz CT molecular complexity index is 909. The van der Waals surface area contributed by atoms with Crippen LogP contribution in [0.3, 0.4) is 0 Å². The van der Waals surface area contributed by atoms with Crippen molar-refractivity contribution in [3.63, 3.8) is 0 Å². The van der Waals surface area contributed by atoms with Gasteiger partial charge in [0, 0.05) is 13.2 Å². The van der Waals surface area contributed by atoms with Crippen molar-refractivity contribution in [1.82, 2.24) is 24.9 Å². The van der Waals surface area contributed by atoms with Crippen molar-refractivity contribution >= 4 is 29.1 Å². The van der Waals surface area contributed by atoms with E-state index in [0.29, 0.717) is 22.2 Å². The molecule has 3 rings (SSSR count). The number of furan rings is 1. The summed E-state index contributed by atoms with van der Waals surface area (Å²) in [5.41, 5.74) is 1.18. The van der Waals surface area contributed by atoms with Crippen LogP contribution in [-0.4, -0.2) is 31.4 Å². The van der Waals surface area contributed by atoms with E-state index >= 15 is 0 Å². The summed E-state index contributed by atoms with van der Waals surface area (Å²) in [7, 11) is 1.62. The third kappa shape index (κ3) is 3.94. The van der Waals surface area contributed by atoms with Crippen LogP contribution in [0.15, 0.2) is 35.2 Å². The lowest BCUT2D eigenvalue weighted by Crippen LogP contribution is -2.27.